The Bertz CT molecular complexity index is 1880. The van der Waals surface area contributed by atoms with Crippen LogP contribution in [0.4, 0.5) is 0 Å². The number of hydrogen-bond acceptors (Lipinski definition) is 4. The molecular formula is C36H30IrN2OS-2. The first-order valence-electron chi connectivity index (χ1n) is 13.4. The first-order valence-corrected chi connectivity index (χ1v) is 14.3. The van der Waals surface area contributed by atoms with E-state index >= 15 is 0 Å². The Hall–Kier alpha value is -3.63. The zero-order valence-electron chi connectivity index (χ0n) is 23.5. The molecule has 3 nitrogen and oxygen atoms in total. The van der Waals surface area contributed by atoms with Gasteiger partial charge >= 0.3 is 0 Å². The summed E-state index contributed by atoms with van der Waals surface area (Å²) in [5.74, 6) is 0. The van der Waals surface area contributed by atoms with E-state index in [9.17, 15) is 0 Å². The maximum Gasteiger partial charge on any atom is 0.121 e. The molecule has 3 aromatic carbocycles. The molecule has 5 heteroatoms. The number of rotatable bonds is 3. The second kappa shape index (κ2) is 12.1. The number of hydrogen-bond donors (Lipinski definition) is 0. The second-order valence-corrected chi connectivity index (χ2v) is 12.2. The first kappa shape index (κ1) is 28.9. The van der Waals surface area contributed by atoms with Crippen molar-refractivity contribution in [3.8, 4) is 22.5 Å². The van der Waals surface area contributed by atoms with Crippen LogP contribution in [0.2, 0.25) is 0 Å². The Morgan fingerprint density at radius 2 is 1.71 bits per heavy atom. The van der Waals surface area contributed by atoms with Crippen molar-refractivity contribution < 1.29 is 24.5 Å². The van der Waals surface area contributed by atoms with E-state index in [-0.39, 0.29) is 25.5 Å². The molecule has 0 bridgehead atoms. The molecule has 0 aliphatic rings. The predicted octanol–water partition coefficient (Wildman–Crippen LogP) is 10.1. The fourth-order valence-corrected chi connectivity index (χ4v) is 5.73. The van der Waals surface area contributed by atoms with Crippen LogP contribution in [0.25, 0.3) is 54.5 Å². The Labute approximate surface area is 258 Å². The molecule has 0 spiro atoms. The predicted molar refractivity (Wildman–Crippen MR) is 168 cm³/mol. The fraction of sp³-hybridized carbons (Fsp3) is 0.167. The number of pyridine rings is 2. The zero-order valence-corrected chi connectivity index (χ0v) is 26.7. The van der Waals surface area contributed by atoms with Crippen molar-refractivity contribution in [2.45, 2.75) is 34.1 Å². The fourth-order valence-electron chi connectivity index (χ4n) is 4.92. The van der Waals surface area contributed by atoms with Gasteiger partial charge in [0.2, 0.25) is 0 Å². The standard InChI is InChI=1S/C25H22NOS.C11H8N.Ir/c1-15-14-26-21(10-17(15)13-25(2,3)4)19-7-5-6-18-20-12-23-16(8-9-28-23)11-22(20)27-24(18)19;1-2-6-10(7-3-1)11-8-4-5-9-12-11;/h5-6,8-12,14H,13H2,1-4H3;1-6,8-9H;/q2*-1;. The molecule has 41 heavy (non-hydrogen) atoms. The molecule has 0 aliphatic heterocycles. The minimum atomic E-state index is 0. The molecule has 0 N–H and O–H groups in total. The van der Waals surface area contributed by atoms with Gasteiger partial charge in [-0.1, -0.05) is 55.5 Å². The molecule has 0 unspecified atom stereocenters. The average molecular weight is 731 g/mol. The van der Waals surface area contributed by atoms with Gasteiger partial charge in [-0.3, -0.25) is 0 Å². The zero-order chi connectivity index (χ0) is 27.7. The number of aryl methyl sites for hydroxylation is 1. The molecule has 1 radical (unpaired) electrons. The molecule has 4 aromatic heterocycles. The first-order chi connectivity index (χ1) is 19.4. The topological polar surface area (TPSA) is 38.9 Å². The third kappa shape index (κ3) is 6.33. The number of aromatic nitrogens is 2. The number of thiophene rings is 1. The normalized spacial score (nSPS) is 11.3. The van der Waals surface area contributed by atoms with E-state index in [4.69, 9.17) is 9.40 Å². The molecular weight excluding hydrogens is 701 g/mol. The summed E-state index contributed by atoms with van der Waals surface area (Å²) in [6.45, 7) is 8.94. The molecule has 0 amide bonds. The van der Waals surface area contributed by atoms with E-state index in [1.165, 1.54) is 21.2 Å². The average Bonchev–Trinajstić information content (AvgIpc) is 3.57. The number of fused-ring (bicyclic) bond motifs is 4. The van der Waals surface area contributed by atoms with E-state index in [1.807, 2.05) is 54.7 Å². The van der Waals surface area contributed by atoms with Gasteiger partial charge in [0, 0.05) is 42.6 Å². The Morgan fingerprint density at radius 1 is 0.854 bits per heavy atom. The van der Waals surface area contributed by atoms with E-state index in [2.05, 4.69) is 80.5 Å². The van der Waals surface area contributed by atoms with Crippen LogP contribution < -0.4 is 0 Å². The third-order valence-corrected chi connectivity index (χ3v) is 7.73. The minimum absolute atomic E-state index is 0. The molecule has 7 aromatic rings. The van der Waals surface area contributed by atoms with Gasteiger partial charge < -0.3 is 14.4 Å². The Balaban J connectivity index is 0.000000218. The van der Waals surface area contributed by atoms with Gasteiger partial charge in [-0.05, 0) is 70.7 Å². The van der Waals surface area contributed by atoms with E-state index < -0.39 is 0 Å². The van der Waals surface area contributed by atoms with Crippen molar-refractivity contribution in [2.75, 3.05) is 0 Å². The van der Waals surface area contributed by atoms with E-state index in [0.29, 0.717) is 0 Å². The van der Waals surface area contributed by atoms with Gasteiger partial charge in [0.15, 0.2) is 0 Å². The van der Waals surface area contributed by atoms with Crippen molar-refractivity contribution in [2.24, 2.45) is 5.41 Å². The summed E-state index contributed by atoms with van der Waals surface area (Å²) in [6.07, 6.45) is 4.78. The molecule has 4 heterocycles. The number of nitrogens with zero attached hydrogens (tertiary/aromatic N) is 2. The number of furan rings is 1. The van der Waals surface area contributed by atoms with Crippen LogP contribution in [-0.2, 0) is 26.5 Å². The van der Waals surface area contributed by atoms with Gasteiger partial charge in [-0.25, -0.2) is 0 Å². The van der Waals surface area contributed by atoms with Crippen LogP contribution in [0.1, 0.15) is 31.9 Å². The molecule has 0 saturated carbocycles. The van der Waals surface area contributed by atoms with Gasteiger partial charge in [-0.15, -0.1) is 65.4 Å². The quantitative estimate of drug-likeness (QED) is 0.170. The minimum Gasteiger partial charge on any atom is -0.501 e. The Kier molecular flexibility index (Phi) is 8.51. The van der Waals surface area contributed by atoms with Crippen molar-refractivity contribution >= 4 is 43.4 Å². The summed E-state index contributed by atoms with van der Waals surface area (Å²) < 4.78 is 7.60. The SMILES string of the molecule is Cc1cnc(-c2[c-]ccc3c2oc2cc4ccsc4cc23)cc1CC(C)(C)C.[Ir].[c-]1ccccc1-c1ccccn1. The summed E-state index contributed by atoms with van der Waals surface area (Å²) in [4.78, 5) is 8.93. The van der Waals surface area contributed by atoms with Gasteiger partial charge in [0.25, 0.3) is 0 Å². The van der Waals surface area contributed by atoms with E-state index in [0.717, 1.165) is 50.9 Å². The molecule has 7 rings (SSSR count). The molecule has 0 atom stereocenters. The van der Waals surface area contributed by atoms with Gasteiger partial charge in [-0.2, -0.15) is 0 Å². The van der Waals surface area contributed by atoms with E-state index in [1.54, 1.807) is 17.5 Å². The van der Waals surface area contributed by atoms with Crippen LogP contribution in [-0.4, -0.2) is 9.97 Å². The molecule has 0 saturated heterocycles. The maximum absolute atomic E-state index is 6.32. The van der Waals surface area contributed by atoms with Crippen LogP contribution in [0.3, 0.4) is 0 Å². The molecule has 0 aliphatic carbocycles. The summed E-state index contributed by atoms with van der Waals surface area (Å²) in [5.41, 5.74) is 8.46. The van der Waals surface area contributed by atoms with Crippen molar-refractivity contribution in [3.05, 3.63) is 120 Å². The second-order valence-electron chi connectivity index (χ2n) is 11.2. The van der Waals surface area contributed by atoms with Gasteiger partial charge in [0.1, 0.15) is 5.58 Å². The van der Waals surface area contributed by atoms with Crippen molar-refractivity contribution in [1.29, 1.82) is 0 Å². The van der Waals surface area contributed by atoms with Gasteiger partial charge in [0.05, 0.1) is 5.58 Å². The summed E-state index contributed by atoms with van der Waals surface area (Å²) in [6, 6.07) is 33.0. The van der Waals surface area contributed by atoms with Crippen molar-refractivity contribution in [1.82, 2.24) is 9.97 Å². The number of benzene rings is 3. The molecule has 0 fully saturated rings. The van der Waals surface area contributed by atoms with Crippen molar-refractivity contribution in [3.63, 3.8) is 0 Å². The van der Waals surface area contributed by atoms with Crippen LogP contribution >= 0.6 is 11.3 Å². The molecule has 207 valence electrons. The maximum atomic E-state index is 6.32. The van der Waals surface area contributed by atoms with Crippen LogP contribution in [0, 0.1) is 24.5 Å². The smallest absolute Gasteiger partial charge is 0.121 e. The third-order valence-electron chi connectivity index (χ3n) is 6.85. The van der Waals surface area contributed by atoms with Crippen LogP contribution in [0.5, 0.6) is 0 Å². The Morgan fingerprint density at radius 3 is 2.46 bits per heavy atom. The monoisotopic (exact) mass is 731 g/mol. The van der Waals surface area contributed by atoms with Crippen LogP contribution in [0.15, 0.2) is 101 Å². The summed E-state index contributed by atoms with van der Waals surface area (Å²) in [5, 5.41) is 5.63. The summed E-state index contributed by atoms with van der Waals surface area (Å²) >= 11 is 1.76. The summed E-state index contributed by atoms with van der Waals surface area (Å²) in [7, 11) is 0. The largest absolute Gasteiger partial charge is 0.501 e.